The van der Waals surface area contributed by atoms with Crippen LogP contribution >= 0.6 is 0 Å². The van der Waals surface area contributed by atoms with Crippen molar-refractivity contribution in [2.45, 2.75) is 76.2 Å². The summed E-state index contributed by atoms with van der Waals surface area (Å²) in [4.78, 5) is 18.2. The second-order valence-corrected chi connectivity index (χ2v) is 13.2. The third-order valence-corrected chi connectivity index (χ3v) is 9.74. The molecular weight excluding hydrogens is 476 g/mol. The van der Waals surface area contributed by atoms with Gasteiger partial charge >= 0.3 is 0 Å². The highest BCUT2D eigenvalue weighted by Crippen LogP contribution is 2.36. The van der Waals surface area contributed by atoms with E-state index in [1.54, 1.807) is 4.31 Å². The standard InChI is InChI=1S/C26H40N6O3S/c1-18(2)32-24-8-6-5-7-23(24)25(28-32)26(33)27-19-15-20-9-10-21(16-19)31(20)14-13-29(3)22-11-12-30(17-22)36(4,34)35/h5-8,18-22H,9-17H2,1-4H3,(H,27,33)/t19-,20-,21+,22-/m0/s1. The van der Waals surface area contributed by atoms with E-state index in [1.165, 1.54) is 19.1 Å². The maximum Gasteiger partial charge on any atom is 0.272 e. The minimum absolute atomic E-state index is 0.0696. The van der Waals surface area contributed by atoms with Crippen molar-refractivity contribution in [2.75, 3.05) is 39.5 Å². The van der Waals surface area contributed by atoms with E-state index in [0.29, 0.717) is 30.9 Å². The van der Waals surface area contributed by atoms with Crippen LogP contribution in [0, 0.1) is 0 Å². The molecule has 1 aromatic carbocycles. The Morgan fingerprint density at radius 3 is 2.50 bits per heavy atom. The monoisotopic (exact) mass is 516 g/mol. The average molecular weight is 517 g/mol. The second-order valence-electron chi connectivity index (χ2n) is 11.2. The average Bonchev–Trinajstić information content (AvgIpc) is 3.52. The SMILES string of the molecule is CC(C)n1nc(C(=O)N[C@@H]2C[C@H]3CC[C@@H](C2)N3CCN(C)[C@H]2CCN(S(C)(=O)=O)C2)c2ccccc21. The summed E-state index contributed by atoms with van der Waals surface area (Å²) in [7, 11) is -0.991. The van der Waals surface area contributed by atoms with Crippen molar-refractivity contribution in [3.63, 3.8) is 0 Å². The molecule has 9 nitrogen and oxygen atoms in total. The number of hydrogen-bond acceptors (Lipinski definition) is 6. The zero-order chi connectivity index (χ0) is 25.6. The van der Waals surface area contributed by atoms with Gasteiger partial charge in [-0.25, -0.2) is 12.7 Å². The Balaban J connectivity index is 1.17. The molecular formula is C26H40N6O3S. The Morgan fingerprint density at radius 2 is 1.86 bits per heavy atom. The van der Waals surface area contributed by atoms with Crippen LogP contribution in [-0.2, 0) is 10.0 Å². The Hall–Kier alpha value is -2.01. The first-order valence-electron chi connectivity index (χ1n) is 13.3. The van der Waals surface area contributed by atoms with Crippen LogP contribution in [0.15, 0.2) is 24.3 Å². The molecule has 3 aliphatic heterocycles. The fourth-order valence-corrected chi connectivity index (χ4v) is 7.37. The fraction of sp³-hybridized carbons (Fsp3) is 0.692. The van der Waals surface area contributed by atoms with Crippen LogP contribution in [0.5, 0.6) is 0 Å². The molecule has 0 saturated carbocycles. The number of carbonyl (C=O) groups is 1. The first-order valence-corrected chi connectivity index (χ1v) is 15.2. The van der Waals surface area contributed by atoms with Gasteiger partial charge in [0, 0.05) is 61.8 Å². The number of hydrogen-bond donors (Lipinski definition) is 1. The summed E-state index contributed by atoms with van der Waals surface area (Å²) in [6, 6.07) is 9.59. The maximum atomic E-state index is 13.3. The summed E-state index contributed by atoms with van der Waals surface area (Å²) in [5.74, 6) is -0.0696. The van der Waals surface area contributed by atoms with Crippen LogP contribution < -0.4 is 5.32 Å². The van der Waals surface area contributed by atoms with E-state index in [9.17, 15) is 13.2 Å². The lowest BCUT2D eigenvalue weighted by molar-refractivity contribution is 0.0801. The zero-order valence-electron chi connectivity index (χ0n) is 21.9. The number of fused-ring (bicyclic) bond motifs is 3. The number of sulfonamides is 1. The van der Waals surface area contributed by atoms with E-state index in [4.69, 9.17) is 0 Å². The molecule has 3 aliphatic rings. The Morgan fingerprint density at radius 1 is 1.17 bits per heavy atom. The highest BCUT2D eigenvalue weighted by atomic mass is 32.2. The lowest BCUT2D eigenvalue weighted by Gasteiger charge is -2.40. The molecule has 5 rings (SSSR count). The van der Waals surface area contributed by atoms with E-state index in [2.05, 4.69) is 41.1 Å². The molecule has 1 amide bonds. The van der Waals surface area contributed by atoms with E-state index in [1.807, 2.05) is 28.9 Å². The molecule has 198 valence electrons. The van der Waals surface area contributed by atoms with Crippen molar-refractivity contribution in [3.05, 3.63) is 30.0 Å². The molecule has 10 heteroatoms. The Labute approximate surface area is 214 Å². The number of carbonyl (C=O) groups excluding carboxylic acids is 1. The van der Waals surface area contributed by atoms with E-state index < -0.39 is 10.0 Å². The minimum atomic E-state index is -3.11. The Bertz CT molecular complexity index is 1200. The van der Waals surface area contributed by atoms with Crippen molar-refractivity contribution < 1.29 is 13.2 Å². The van der Waals surface area contributed by atoms with Gasteiger partial charge in [-0.3, -0.25) is 14.4 Å². The van der Waals surface area contributed by atoms with Gasteiger partial charge in [-0.2, -0.15) is 5.10 Å². The number of rotatable bonds is 8. The van der Waals surface area contributed by atoms with Gasteiger partial charge in [0.25, 0.3) is 5.91 Å². The van der Waals surface area contributed by atoms with Gasteiger partial charge in [-0.05, 0) is 59.1 Å². The molecule has 0 aliphatic carbocycles. The van der Waals surface area contributed by atoms with Crippen LogP contribution in [0.4, 0.5) is 0 Å². The predicted molar refractivity (Wildman–Crippen MR) is 142 cm³/mol. The van der Waals surface area contributed by atoms with E-state index >= 15 is 0 Å². The third kappa shape index (κ3) is 5.05. The van der Waals surface area contributed by atoms with Gasteiger partial charge in [0.1, 0.15) is 0 Å². The van der Waals surface area contributed by atoms with Gasteiger partial charge in [0.15, 0.2) is 5.69 Å². The fourth-order valence-electron chi connectivity index (χ4n) is 6.49. The largest absolute Gasteiger partial charge is 0.348 e. The second kappa shape index (κ2) is 10.0. The number of nitrogens with zero attached hydrogens (tertiary/aromatic N) is 5. The van der Waals surface area contributed by atoms with Gasteiger partial charge in [-0.15, -0.1) is 0 Å². The first-order chi connectivity index (χ1) is 17.1. The number of para-hydroxylation sites is 1. The van der Waals surface area contributed by atoms with Crippen molar-refractivity contribution in [2.24, 2.45) is 0 Å². The number of likely N-dealkylation sites (N-methyl/N-ethyl adjacent to an activating group) is 1. The lowest BCUT2D eigenvalue weighted by Crippen LogP contribution is -2.52. The topological polar surface area (TPSA) is 90.8 Å². The molecule has 0 spiro atoms. The zero-order valence-corrected chi connectivity index (χ0v) is 22.7. The molecule has 4 atom stereocenters. The Kier molecular flexibility index (Phi) is 7.15. The molecule has 1 aromatic heterocycles. The molecule has 2 aromatic rings. The van der Waals surface area contributed by atoms with Crippen molar-refractivity contribution in [3.8, 4) is 0 Å². The number of benzene rings is 1. The maximum absolute atomic E-state index is 13.3. The lowest BCUT2D eigenvalue weighted by atomic mass is 9.97. The molecule has 3 fully saturated rings. The number of aromatic nitrogens is 2. The van der Waals surface area contributed by atoms with E-state index in [0.717, 1.165) is 43.3 Å². The minimum Gasteiger partial charge on any atom is -0.348 e. The predicted octanol–water partition coefficient (Wildman–Crippen LogP) is 2.31. The molecule has 1 N–H and O–H groups in total. The van der Waals surface area contributed by atoms with Crippen LogP contribution in [0.3, 0.4) is 0 Å². The van der Waals surface area contributed by atoms with Crippen LogP contribution in [-0.4, -0.2) is 102 Å². The summed E-state index contributed by atoms with van der Waals surface area (Å²) >= 11 is 0. The molecule has 36 heavy (non-hydrogen) atoms. The third-order valence-electron chi connectivity index (χ3n) is 8.47. The molecule has 2 bridgehead atoms. The number of piperidine rings is 1. The molecule has 3 saturated heterocycles. The summed E-state index contributed by atoms with van der Waals surface area (Å²) in [6.07, 6.45) is 6.49. The van der Waals surface area contributed by atoms with Crippen molar-refractivity contribution >= 4 is 26.8 Å². The van der Waals surface area contributed by atoms with Gasteiger partial charge in [0.2, 0.25) is 10.0 Å². The molecule has 0 radical (unpaired) electrons. The normalized spacial score (nSPS) is 27.5. The summed E-state index contributed by atoms with van der Waals surface area (Å²) in [6.45, 7) is 7.31. The first kappa shape index (κ1) is 25.6. The highest BCUT2D eigenvalue weighted by molar-refractivity contribution is 7.88. The van der Waals surface area contributed by atoms with Crippen molar-refractivity contribution in [1.29, 1.82) is 0 Å². The molecule has 4 heterocycles. The summed E-state index contributed by atoms with van der Waals surface area (Å²) in [5, 5.41) is 8.90. The summed E-state index contributed by atoms with van der Waals surface area (Å²) in [5.41, 5.74) is 1.52. The van der Waals surface area contributed by atoms with Gasteiger partial charge < -0.3 is 10.2 Å². The number of nitrogens with one attached hydrogen (secondary N) is 1. The van der Waals surface area contributed by atoms with Gasteiger partial charge in [0.05, 0.1) is 11.8 Å². The summed E-state index contributed by atoms with van der Waals surface area (Å²) < 4.78 is 27.3. The van der Waals surface area contributed by atoms with E-state index in [-0.39, 0.29) is 24.0 Å². The van der Waals surface area contributed by atoms with Crippen LogP contribution in [0.25, 0.3) is 10.9 Å². The van der Waals surface area contributed by atoms with Crippen LogP contribution in [0.1, 0.15) is 62.5 Å². The quantitative estimate of drug-likeness (QED) is 0.579. The molecule has 0 unspecified atom stereocenters. The van der Waals surface area contributed by atoms with Crippen molar-refractivity contribution in [1.82, 2.24) is 29.2 Å². The smallest absolute Gasteiger partial charge is 0.272 e. The highest BCUT2D eigenvalue weighted by Gasteiger charge is 2.41. The van der Waals surface area contributed by atoms with Gasteiger partial charge in [-0.1, -0.05) is 18.2 Å². The van der Waals surface area contributed by atoms with Crippen LogP contribution in [0.2, 0.25) is 0 Å². The number of amides is 1.